The standard InChI is InChI=1S/C13H15NO2.C13H13NO2.C12H13NO2.C11H9NO3.C10H9NO2/c2*1-3-6-10-11(13(15)16-2)9-14-8-5-4-7-12(10)14;1-2-5-9-10(12(14)15)8-13-7-4-3-6-11(9)13;1-15-11(14)8-6-12-5-3-2-4-10(12)9(8)7-13;1-13-10(12)8-6-9-4-2-3-5-11(9)7-8/h4-5,7-9H,3,6H2,1-2H3;3-9H,1-2H3;3-4,6-8H,2,5H2,1H3,(H,14,15);2-7H,1H3;2-7H,1H3/b;6-3+;;;. The molecule has 0 aromatic carbocycles. The maximum absolute atomic E-state index is 11.6. The Hall–Kier alpha value is -9.44. The number of aromatic nitrogens is 5. The second-order valence-corrected chi connectivity index (χ2v) is 16.6. The van der Waals surface area contributed by atoms with Crippen LogP contribution in [0.3, 0.4) is 0 Å². The van der Waals surface area contributed by atoms with Gasteiger partial charge in [-0.1, -0.05) is 69.2 Å². The molecule has 0 aliphatic carbocycles. The highest BCUT2D eigenvalue weighted by Crippen LogP contribution is 2.24. The van der Waals surface area contributed by atoms with Crippen LogP contribution in [-0.4, -0.2) is 91.7 Å². The fraction of sp³-hybridized carbons (Fsp3) is 0.186. The van der Waals surface area contributed by atoms with Crippen molar-refractivity contribution in [2.75, 3.05) is 28.4 Å². The third-order valence-electron chi connectivity index (χ3n) is 11.9. The highest BCUT2D eigenvalue weighted by atomic mass is 16.5. The average molecular weight is 1010 g/mol. The van der Waals surface area contributed by atoms with E-state index in [1.165, 1.54) is 28.4 Å². The van der Waals surface area contributed by atoms with Crippen molar-refractivity contribution in [3.8, 4) is 0 Å². The first kappa shape index (κ1) is 54.9. The van der Waals surface area contributed by atoms with Gasteiger partial charge in [0.1, 0.15) is 0 Å². The van der Waals surface area contributed by atoms with E-state index in [-0.39, 0.29) is 17.9 Å². The molecule has 0 bridgehead atoms. The van der Waals surface area contributed by atoms with Gasteiger partial charge in [0, 0.05) is 84.1 Å². The van der Waals surface area contributed by atoms with E-state index in [9.17, 15) is 28.8 Å². The van der Waals surface area contributed by atoms with Crippen LogP contribution >= 0.6 is 0 Å². The number of aldehydes is 1. The summed E-state index contributed by atoms with van der Waals surface area (Å²) in [5.74, 6) is -2.21. The van der Waals surface area contributed by atoms with E-state index in [1.807, 2.05) is 153 Å². The van der Waals surface area contributed by atoms with Gasteiger partial charge in [-0.15, -0.1) is 0 Å². The van der Waals surface area contributed by atoms with Gasteiger partial charge in [0.05, 0.1) is 72.9 Å². The van der Waals surface area contributed by atoms with Crippen molar-refractivity contribution >= 4 is 69.8 Å². The van der Waals surface area contributed by atoms with Crippen LogP contribution in [-0.2, 0) is 31.8 Å². The zero-order valence-corrected chi connectivity index (χ0v) is 42.8. The number of carboxylic acids is 1. The van der Waals surface area contributed by atoms with Gasteiger partial charge in [-0.05, 0) is 97.6 Å². The van der Waals surface area contributed by atoms with Crippen LogP contribution in [0.1, 0.15) is 112 Å². The van der Waals surface area contributed by atoms with Crippen LogP contribution in [0.15, 0.2) is 165 Å². The monoisotopic (exact) mass is 1010 g/mol. The van der Waals surface area contributed by atoms with Crippen LogP contribution in [0.25, 0.3) is 33.7 Å². The molecule has 0 atom stereocenters. The number of esters is 4. The van der Waals surface area contributed by atoms with Crippen LogP contribution in [0.4, 0.5) is 0 Å². The smallest absolute Gasteiger partial charge is 0.340 e. The van der Waals surface area contributed by atoms with Crippen LogP contribution in [0.2, 0.25) is 0 Å². The molecule has 386 valence electrons. The molecular formula is C59H59N5O11. The minimum Gasteiger partial charge on any atom is -0.478 e. The van der Waals surface area contributed by atoms with Crippen molar-refractivity contribution in [1.82, 2.24) is 22.0 Å². The number of aromatic carboxylic acids is 1. The number of aryl methyl sites for hydroxylation is 2. The molecule has 1 N–H and O–H groups in total. The summed E-state index contributed by atoms with van der Waals surface area (Å²) in [5.41, 5.74) is 10.6. The first-order valence-electron chi connectivity index (χ1n) is 24.0. The summed E-state index contributed by atoms with van der Waals surface area (Å²) >= 11 is 0. The minimum absolute atomic E-state index is 0.257. The quantitative estimate of drug-likeness (QED) is 0.0739. The Morgan fingerprint density at radius 1 is 0.480 bits per heavy atom. The predicted octanol–water partition coefficient (Wildman–Crippen LogP) is 11.3. The number of ether oxygens (including phenoxy) is 4. The lowest BCUT2D eigenvalue weighted by molar-refractivity contribution is 0.0590. The number of hydrogen-bond acceptors (Lipinski definition) is 10. The summed E-state index contributed by atoms with van der Waals surface area (Å²) in [6, 6.07) is 30.6. The van der Waals surface area contributed by atoms with Crippen molar-refractivity contribution in [2.45, 2.75) is 46.5 Å². The van der Waals surface area contributed by atoms with Crippen molar-refractivity contribution < 1.29 is 52.8 Å². The summed E-state index contributed by atoms with van der Waals surface area (Å²) < 4.78 is 28.1. The summed E-state index contributed by atoms with van der Waals surface area (Å²) in [7, 11) is 5.48. The molecule has 0 saturated heterocycles. The summed E-state index contributed by atoms with van der Waals surface area (Å²) in [5, 5.41) is 9.08. The Morgan fingerprint density at radius 3 is 1.31 bits per heavy atom. The normalized spacial score (nSPS) is 10.6. The highest BCUT2D eigenvalue weighted by molar-refractivity contribution is 6.03. The zero-order valence-electron chi connectivity index (χ0n) is 42.8. The number of pyridine rings is 5. The number of carboxylic acid groups (broad SMARTS) is 1. The second kappa shape index (κ2) is 26.3. The molecule has 0 spiro atoms. The highest BCUT2D eigenvalue weighted by Gasteiger charge is 2.19. The van der Waals surface area contributed by atoms with Crippen molar-refractivity contribution in [2.24, 2.45) is 0 Å². The number of carbonyl (C=O) groups excluding carboxylic acids is 5. The Kier molecular flexibility index (Phi) is 19.3. The second-order valence-electron chi connectivity index (χ2n) is 16.6. The van der Waals surface area contributed by atoms with Gasteiger partial charge in [-0.3, -0.25) is 4.79 Å². The summed E-state index contributed by atoms with van der Waals surface area (Å²) in [6.45, 7) is 6.08. The number of nitrogens with zero attached hydrogens (tertiary/aromatic N) is 5. The number of methoxy groups -OCH3 is 4. The molecule has 16 nitrogen and oxygen atoms in total. The van der Waals surface area contributed by atoms with E-state index >= 15 is 0 Å². The molecule has 10 aromatic heterocycles. The Morgan fingerprint density at radius 2 is 0.867 bits per heavy atom. The first-order chi connectivity index (χ1) is 36.4. The molecule has 16 heteroatoms. The molecule has 75 heavy (non-hydrogen) atoms. The van der Waals surface area contributed by atoms with Gasteiger partial charge >= 0.3 is 29.8 Å². The number of allylic oxidation sites excluding steroid dienone is 1. The first-order valence-corrected chi connectivity index (χ1v) is 24.0. The molecular weight excluding hydrogens is 955 g/mol. The fourth-order valence-electron chi connectivity index (χ4n) is 8.44. The average Bonchev–Trinajstić information content (AvgIpc) is 4.29. The molecule has 0 saturated carbocycles. The van der Waals surface area contributed by atoms with E-state index in [0.29, 0.717) is 45.2 Å². The molecule has 0 unspecified atom stereocenters. The van der Waals surface area contributed by atoms with Gasteiger partial charge < -0.3 is 46.1 Å². The topological polar surface area (TPSA) is 182 Å². The summed E-state index contributed by atoms with van der Waals surface area (Å²) in [4.78, 5) is 67.7. The van der Waals surface area contributed by atoms with E-state index in [2.05, 4.69) is 23.3 Å². The number of carbonyl (C=O) groups is 6. The zero-order chi connectivity index (χ0) is 54.0. The number of hydrogen-bond donors (Lipinski definition) is 1. The minimum atomic E-state index is -0.845. The Labute approximate surface area is 433 Å². The predicted molar refractivity (Wildman–Crippen MR) is 287 cm³/mol. The molecule has 10 heterocycles. The lowest BCUT2D eigenvalue weighted by atomic mass is 10.1. The van der Waals surface area contributed by atoms with Gasteiger partial charge in [0.2, 0.25) is 0 Å². The van der Waals surface area contributed by atoms with Crippen LogP contribution in [0.5, 0.6) is 0 Å². The van der Waals surface area contributed by atoms with Crippen LogP contribution < -0.4 is 0 Å². The Balaban J connectivity index is 0.000000153. The van der Waals surface area contributed by atoms with E-state index in [1.54, 1.807) is 47.5 Å². The SMILES string of the molecule is C/C=C/c1c(C(=O)OC)cn2ccccc12.CCCc1c(C(=O)O)cn2ccccc12.CCCc1c(C(=O)OC)cn2ccccc12.COC(=O)c1cc2ccccn2c1.COC(=O)c1cn2ccccc2c1C=O. The van der Waals surface area contributed by atoms with Gasteiger partial charge in [-0.25, -0.2) is 24.0 Å². The fourth-order valence-corrected chi connectivity index (χ4v) is 8.44. The van der Waals surface area contributed by atoms with E-state index in [0.717, 1.165) is 64.4 Å². The molecule has 10 aromatic rings. The van der Waals surface area contributed by atoms with Crippen molar-refractivity contribution in [3.63, 3.8) is 0 Å². The lowest BCUT2D eigenvalue weighted by Gasteiger charge is -2.01. The lowest BCUT2D eigenvalue weighted by Crippen LogP contribution is -2.02. The van der Waals surface area contributed by atoms with Crippen LogP contribution in [0, 0.1) is 0 Å². The maximum atomic E-state index is 11.6. The van der Waals surface area contributed by atoms with Crippen molar-refractivity contribution in [3.05, 3.63) is 215 Å². The molecule has 10 rings (SSSR count). The van der Waals surface area contributed by atoms with Gasteiger partial charge in [0.25, 0.3) is 0 Å². The number of fused-ring (bicyclic) bond motifs is 5. The third kappa shape index (κ3) is 12.8. The third-order valence-corrected chi connectivity index (χ3v) is 11.9. The molecule has 0 aliphatic rings. The molecule has 0 radical (unpaired) electrons. The van der Waals surface area contributed by atoms with E-state index in [4.69, 9.17) is 14.6 Å². The molecule has 0 fully saturated rings. The molecule has 0 aliphatic heterocycles. The molecule has 0 amide bonds. The largest absolute Gasteiger partial charge is 0.478 e. The number of rotatable bonds is 11. The Bertz CT molecular complexity index is 3610. The van der Waals surface area contributed by atoms with Crippen molar-refractivity contribution in [1.29, 1.82) is 0 Å². The van der Waals surface area contributed by atoms with Gasteiger partial charge in [0.15, 0.2) is 6.29 Å². The van der Waals surface area contributed by atoms with Gasteiger partial charge in [-0.2, -0.15) is 0 Å². The van der Waals surface area contributed by atoms with E-state index < -0.39 is 11.9 Å². The summed E-state index contributed by atoms with van der Waals surface area (Å²) in [6.07, 6.45) is 26.2. The maximum Gasteiger partial charge on any atom is 0.340 e.